The van der Waals surface area contributed by atoms with Gasteiger partial charge >= 0.3 is 0 Å². The second-order valence-electron chi connectivity index (χ2n) is 25.2. The summed E-state index contributed by atoms with van der Waals surface area (Å²) in [6.07, 6.45) is 86.3. The molecule has 0 saturated carbocycles. The first-order chi connectivity index (χ1) is 39.5. The molecule has 0 aliphatic rings. The minimum Gasteiger partial charge on any atom is -0.756 e. The van der Waals surface area contributed by atoms with E-state index >= 15 is 0 Å². The standard InChI is InChI=1S/C72H137N2O6P/c1-6-8-10-12-14-16-18-20-22-24-26-28-30-32-33-34-35-36-37-38-39-40-41-42-44-46-48-50-52-54-56-58-60-62-64-66-72(76)73-70(69-80-81(77,78)79-68-67-74(3,4)5)71(75)65-63-61-59-57-55-53-51-49-47-45-43-31-29-27-25-23-21-19-17-15-13-11-9-7-2/h8,10,14,16,20,22,26,28,63,65,70-71,75H,6-7,9,11-13,15,17-19,21,23-25,27,29-62,64,66-69H2,1-5H3,(H-,73,76,77,78)/b10-8-,16-14-,22-20-,28-26-,65-63+. The number of quaternary nitrogens is 1. The van der Waals surface area contributed by atoms with E-state index in [0.29, 0.717) is 17.4 Å². The molecule has 0 aromatic heterocycles. The van der Waals surface area contributed by atoms with Crippen LogP contribution in [-0.4, -0.2) is 68.5 Å². The number of aliphatic hydroxyl groups excluding tert-OH is 1. The summed E-state index contributed by atoms with van der Waals surface area (Å²) in [6, 6.07) is -0.888. The first kappa shape index (κ1) is 79.2. The fraction of sp³-hybridized carbons (Fsp3) is 0.847. The molecule has 3 atom stereocenters. The fourth-order valence-corrected chi connectivity index (χ4v) is 11.3. The summed E-state index contributed by atoms with van der Waals surface area (Å²) in [5, 5.41) is 14.0. The lowest BCUT2D eigenvalue weighted by Crippen LogP contribution is -2.45. The molecule has 9 heteroatoms. The molecule has 81 heavy (non-hydrogen) atoms. The monoisotopic (exact) mass is 1160 g/mol. The number of amides is 1. The van der Waals surface area contributed by atoms with Crippen LogP contribution in [0.4, 0.5) is 0 Å². The van der Waals surface area contributed by atoms with Crippen molar-refractivity contribution in [1.82, 2.24) is 5.32 Å². The Hall–Kier alpha value is -1.80. The molecule has 0 rings (SSSR count). The summed E-state index contributed by atoms with van der Waals surface area (Å²) < 4.78 is 23.5. The zero-order valence-electron chi connectivity index (χ0n) is 54.5. The average Bonchev–Trinajstić information content (AvgIpc) is 3.43. The van der Waals surface area contributed by atoms with Crippen LogP contribution in [0.5, 0.6) is 0 Å². The minimum atomic E-state index is -4.60. The third kappa shape index (κ3) is 65.6. The van der Waals surface area contributed by atoms with Crippen LogP contribution < -0.4 is 10.2 Å². The topological polar surface area (TPSA) is 108 Å². The highest BCUT2D eigenvalue weighted by Crippen LogP contribution is 2.38. The van der Waals surface area contributed by atoms with Crippen molar-refractivity contribution in [2.75, 3.05) is 40.9 Å². The van der Waals surface area contributed by atoms with Crippen LogP contribution in [0.15, 0.2) is 60.8 Å². The van der Waals surface area contributed by atoms with Crippen LogP contribution in [-0.2, 0) is 18.4 Å². The number of carbonyl (C=O) groups is 1. The molecular weight excluding hydrogens is 1020 g/mol. The predicted octanol–water partition coefficient (Wildman–Crippen LogP) is 21.8. The minimum absolute atomic E-state index is 0.000186. The van der Waals surface area contributed by atoms with Gasteiger partial charge in [0.2, 0.25) is 5.91 Å². The lowest BCUT2D eigenvalue weighted by Gasteiger charge is -2.29. The number of phosphoric acid groups is 1. The number of hydrogen-bond acceptors (Lipinski definition) is 6. The lowest BCUT2D eigenvalue weighted by atomic mass is 10.0. The van der Waals surface area contributed by atoms with Crippen LogP contribution in [0.1, 0.15) is 341 Å². The van der Waals surface area contributed by atoms with Gasteiger partial charge in [0.05, 0.1) is 39.9 Å². The molecule has 0 radical (unpaired) electrons. The third-order valence-corrected chi connectivity index (χ3v) is 16.9. The smallest absolute Gasteiger partial charge is 0.268 e. The van der Waals surface area contributed by atoms with E-state index in [0.717, 1.165) is 64.2 Å². The average molecular weight is 1160 g/mol. The first-order valence-corrected chi connectivity index (χ1v) is 36.6. The lowest BCUT2D eigenvalue weighted by molar-refractivity contribution is -0.870. The van der Waals surface area contributed by atoms with Crippen LogP contribution in [0, 0.1) is 0 Å². The number of aliphatic hydroxyl groups is 1. The maximum absolute atomic E-state index is 13.0. The van der Waals surface area contributed by atoms with Gasteiger partial charge in [0, 0.05) is 6.42 Å². The van der Waals surface area contributed by atoms with Crippen molar-refractivity contribution >= 4 is 13.7 Å². The van der Waals surface area contributed by atoms with Crippen molar-refractivity contribution in [2.24, 2.45) is 0 Å². The third-order valence-electron chi connectivity index (χ3n) is 16.0. The molecule has 0 aliphatic carbocycles. The molecule has 0 bridgehead atoms. The normalized spacial score (nSPS) is 14.0. The second kappa shape index (κ2) is 62.7. The maximum Gasteiger partial charge on any atom is 0.268 e. The first-order valence-electron chi connectivity index (χ1n) is 35.2. The van der Waals surface area contributed by atoms with Gasteiger partial charge in [-0.05, 0) is 57.8 Å². The molecule has 0 fully saturated rings. The molecule has 0 aromatic carbocycles. The highest BCUT2D eigenvalue weighted by atomic mass is 31.2. The Kier molecular flexibility index (Phi) is 61.3. The Morgan fingerprint density at radius 2 is 0.753 bits per heavy atom. The van der Waals surface area contributed by atoms with Crippen molar-refractivity contribution in [3.63, 3.8) is 0 Å². The summed E-state index contributed by atoms with van der Waals surface area (Å²) in [7, 11) is 1.28. The molecular formula is C72H137N2O6P. The van der Waals surface area contributed by atoms with Gasteiger partial charge in [0.25, 0.3) is 7.82 Å². The molecule has 0 saturated heterocycles. The molecule has 0 aromatic rings. The highest BCUT2D eigenvalue weighted by Gasteiger charge is 2.23. The van der Waals surface area contributed by atoms with Gasteiger partial charge in [0.15, 0.2) is 0 Å². The second-order valence-corrected chi connectivity index (χ2v) is 26.6. The number of nitrogens with one attached hydrogen (secondary N) is 1. The molecule has 0 spiro atoms. The van der Waals surface area contributed by atoms with Crippen molar-refractivity contribution in [2.45, 2.75) is 353 Å². The van der Waals surface area contributed by atoms with Gasteiger partial charge in [-0.2, -0.15) is 0 Å². The maximum atomic E-state index is 13.0. The highest BCUT2D eigenvalue weighted by molar-refractivity contribution is 7.45. The van der Waals surface area contributed by atoms with E-state index in [1.165, 1.54) is 257 Å². The molecule has 3 unspecified atom stereocenters. The molecule has 0 heterocycles. The zero-order chi connectivity index (χ0) is 59.1. The van der Waals surface area contributed by atoms with Crippen molar-refractivity contribution < 1.29 is 32.9 Å². The zero-order valence-corrected chi connectivity index (χ0v) is 55.4. The number of nitrogens with zero attached hydrogens (tertiary/aromatic N) is 1. The van der Waals surface area contributed by atoms with Crippen molar-refractivity contribution in [1.29, 1.82) is 0 Å². The Bertz CT molecular complexity index is 1500. The van der Waals surface area contributed by atoms with Crippen molar-refractivity contribution in [3.8, 4) is 0 Å². The summed E-state index contributed by atoms with van der Waals surface area (Å²) in [4.78, 5) is 25.6. The van der Waals surface area contributed by atoms with Gasteiger partial charge in [0.1, 0.15) is 13.2 Å². The molecule has 1 amide bonds. The van der Waals surface area contributed by atoms with Crippen LogP contribution >= 0.6 is 7.82 Å². The van der Waals surface area contributed by atoms with E-state index in [2.05, 4.69) is 67.8 Å². The Morgan fingerprint density at radius 1 is 0.444 bits per heavy atom. The van der Waals surface area contributed by atoms with Crippen molar-refractivity contribution in [3.05, 3.63) is 60.8 Å². The Labute approximate surface area is 504 Å². The van der Waals surface area contributed by atoms with E-state index < -0.39 is 20.0 Å². The number of carbonyl (C=O) groups excluding carboxylic acids is 1. The number of allylic oxidation sites excluding steroid dienone is 9. The summed E-state index contributed by atoms with van der Waals surface area (Å²) >= 11 is 0. The number of hydrogen-bond donors (Lipinski definition) is 2. The molecule has 476 valence electrons. The predicted molar refractivity (Wildman–Crippen MR) is 353 cm³/mol. The Morgan fingerprint density at radius 3 is 1.10 bits per heavy atom. The van der Waals surface area contributed by atoms with Gasteiger partial charge in [-0.15, -0.1) is 0 Å². The number of likely N-dealkylation sites (N-methyl/N-ethyl adjacent to an activating group) is 1. The van der Waals surface area contributed by atoms with E-state index in [4.69, 9.17) is 9.05 Å². The largest absolute Gasteiger partial charge is 0.756 e. The van der Waals surface area contributed by atoms with E-state index in [9.17, 15) is 19.4 Å². The van der Waals surface area contributed by atoms with Crippen LogP contribution in [0.2, 0.25) is 0 Å². The summed E-state index contributed by atoms with van der Waals surface area (Å²) in [6.45, 7) is 4.59. The summed E-state index contributed by atoms with van der Waals surface area (Å²) in [5.41, 5.74) is 0. The van der Waals surface area contributed by atoms with Crippen LogP contribution in [0.3, 0.4) is 0 Å². The summed E-state index contributed by atoms with van der Waals surface area (Å²) in [5.74, 6) is -0.191. The molecule has 0 aliphatic heterocycles. The van der Waals surface area contributed by atoms with Gasteiger partial charge < -0.3 is 28.8 Å². The number of phosphoric ester groups is 1. The Balaban J connectivity index is 4.01. The van der Waals surface area contributed by atoms with Crippen LogP contribution in [0.25, 0.3) is 0 Å². The van der Waals surface area contributed by atoms with Gasteiger partial charge in [-0.25, -0.2) is 0 Å². The van der Waals surface area contributed by atoms with Gasteiger partial charge in [-0.3, -0.25) is 9.36 Å². The quantitative estimate of drug-likeness (QED) is 0.0272. The van der Waals surface area contributed by atoms with E-state index in [-0.39, 0.29) is 19.1 Å². The fourth-order valence-electron chi connectivity index (χ4n) is 10.6. The van der Waals surface area contributed by atoms with Gasteiger partial charge in [-0.1, -0.05) is 338 Å². The molecule has 2 N–H and O–H groups in total. The molecule has 8 nitrogen and oxygen atoms in total. The number of unbranched alkanes of at least 4 members (excludes halogenated alkanes) is 44. The SMILES string of the molecule is CC/C=C\C/C=C\C/C=C\C/C=C\CCCCCCCCCCCCCCCCCCCCCCCCC(=O)NC(COP(=O)([O-])OCC[N+](C)(C)C)C(O)/C=C/CCCCCCCCCCCCCCCCCCCCCCCC. The van der Waals surface area contributed by atoms with E-state index in [1.807, 2.05) is 27.2 Å². The van der Waals surface area contributed by atoms with E-state index in [1.54, 1.807) is 6.08 Å². The number of rotatable bonds is 65.